The molecule has 6 nitrogen and oxygen atoms in total. The maximum Gasteiger partial charge on any atom is 0.328 e. The molecule has 0 aliphatic rings. The van der Waals surface area contributed by atoms with Crippen molar-refractivity contribution in [1.82, 2.24) is 4.72 Å². The van der Waals surface area contributed by atoms with Crippen molar-refractivity contribution in [2.45, 2.75) is 6.04 Å². The van der Waals surface area contributed by atoms with Crippen LogP contribution in [0, 0.1) is 0 Å². The molecule has 1 atom stereocenters. The van der Waals surface area contributed by atoms with E-state index in [0.29, 0.717) is 5.56 Å². The normalized spacial score (nSPS) is 13.1. The summed E-state index contributed by atoms with van der Waals surface area (Å²) in [6.45, 7) is 0. The lowest BCUT2D eigenvalue weighted by Crippen LogP contribution is -2.33. The summed E-state index contributed by atoms with van der Waals surface area (Å²) in [5.74, 6) is -0.696. The molecule has 0 saturated carbocycles. The first-order valence-corrected chi connectivity index (χ1v) is 6.56. The predicted octanol–water partition coefficient (Wildman–Crippen LogP) is 0.155. The van der Waals surface area contributed by atoms with Gasteiger partial charge in [0.25, 0.3) is 0 Å². The smallest absolute Gasteiger partial charge is 0.328 e. The number of rotatable bonds is 4. The van der Waals surface area contributed by atoms with Crippen LogP contribution in [0.4, 0.5) is 0 Å². The summed E-state index contributed by atoms with van der Waals surface area (Å²) in [7, 11) is -2.38. The van der Waals surface area contributed by atoms with E-state index < -0.39 is 22.0 Å². The summed E-state index contributed by atoms with van der Waals surface area (Å²) in [6, 6.07) is 4.48. The zero-order valence-corrected chi connectivity index (χ0v) is 10.2. The van der Waals surface area contributed by atoms with Gasteiger partial charge in [-0.1, -0.05) is 12.1 Å². The van der Waals surface area contributed by atoms with Crippen LogP contribution >= 0.6 is 0 Å². The molecule has 1 aromatic carbocycles. The first-order chi connectivity index (χ1) is 7.83. The summed E-state index contributed by atoms with van der Waals surface area (Å²) in [4.78, 5) is 11.5. The molecule has 17 heavy (non-hydrogen) atoms. The fraction of sp³-hybridized carbons (Fsp3) is 0.300. The van der Waals surface area contributed by atoms with Gasteiger partial charge in [-0.25, -0.2) is 13.2 Å². The first kappa shape index (κ1) is 13.5. The Hall–Kier alpha value is -1.60. The monoisotopic (exact) mass is 259 g/mol. The Morgan fingerprint density at radius 1 is 1.35 bits per heavy atom. The number of nitrogens with one attached hydrogen (secondary N) is 1. The van der Waals surface area contributed by atoms with Gasteiger partial charge in [-0.05, 0) is 17.7 Å². The molecule has 94 valence electrons. The molecule has 0 saturated heterocycles. The van der Waals surface area contributed by atoms with Gasteiger partial charge in [-0.2, -0.15) is 4.72 Å². The first-order valence-electron chi connectivity index (χ1n) is 4.67. The molecule has 1 rings (SSSR count). The Morgan fingerprint density at radius 2 is 1.88 bits per heavy atom. The number of sulfonamides is 1. The van der Waals surface area contributed by atoms with Crippen molar-refractivity contribution in [3.63, 3.8) is 0 Å². The Kier molecular flexibility index (Phi) is 4.08. The van der Waals surface area contributed by atoms with E-state index in [9.17, 15) is 13.2 Å². The Labute approximate surface area is 99.3 Å². The van der Waals surface area contributed by atoms with E-state index in [1.807, 2.05) is 0 Å². The summed E-state index contributed by atoms with van der Waals surface area (Å²) in [5, 5.41) is 9.11. The van der Waals surface area contributed by atoms with Crippen LogP contribution in [0.1, 0.15) is 11.6 Å². The average Bonchev–Trinajstić information content (AvgIpc) is 2.25. The van der Waals surface area contributed by atoms with E-state index in [1.54, 1.807) is 0 Å². The molecule has 0 amide bonds. The molecule has 0 aliphatic carbocycles. The van der Waals surface area contributed by atoms with Crippen molar-refractivity contribution in [2.75, 3.05) is 13.4 Å². The SMILES string of the molecule is COC(=O)[C@@H](NS(C)(=O)=O)c1ccc(O)cc1. The second-order valence-corrected chi connectivity index (χ2v) is 5.22. The summed E-state index contributed by atoms with van der Waals surface area (Å²) < 4.78 is 28.9. The summed E-state index contributed by atoms with van der Waals surface area (Å²) in [6.07, 6.45) is 0.948. The predicted molar refractivity (Wildman–Crippen MR) is 60.8 cm³/mol. The standard InChI is InChI=1S/C10H13NO5S/c1-16-10(13)9(11-17(2,14)15)7-3-5-8(12)6-4-7/h3-6,9,11-12H,1-2H3/t9-/m0/s1. The van der Waals surface area contributed by atoms with Gasteiger partial charge in [-0.3, -0.25) is 0 Å². The third-order valence-corrected chi connectivity index (χ3v) is 2.66. The van der Waals surface area contributed by atoms with E-state index >= 15 is 0 Å². The number of hydrogen-bond donors (Lipinski definition) is 2. The summed E-state index contributed by atoms with van der Waals surface area (Å²) >= 11 is 0. The highest BCUT2D eigenvalue weighted by molar-refractivity contribution is 7.88. The van der Waals surface area contributed by atoms with Crippen LogP contribution in [0.15, 0.2) is 24.3 Å². The van der Waals surface area contributed by atoms with Crippen LogP contribution in [0.3, 0.4) is 0 Å². The van der Waals surface area contributed by atoms with E-state index in [2.05, 4.69) is 9.46 Å². The van der Waals surface area contributed by atoms with E-state index in [0.717, 1.165) is 6.26 Å². The number of phenols is 1. The highest BCUT2D eigenvalue weighted by Gasteiger charge is 2.24. The second kappa shape index (κ2) is 5.15. The van der Waals surface area contributed by atoms with Crippen molar-refractivity contribution in [2.24, 2.45) is 0 Å². The van der Waals surface area contributed by atoms with Gasteiger partial charge < -0.3 is 9.84 Å². The van der Waals surface area contributed by atoms with Crippen molar-refractivity contribution < 1.29 is 23.1 Å². The highest BCUT2D eigenvalue weighted by Crippen LogP contribution is 2.18. The molecule has 1 aromatic rings. The third kappa shape index (κ3) is 4.04. The van der Waals surface area contributed by atoms with Crippen LogP contribution in [-0.4, -0.2) is 32.9 Å². The lowest BCUT2D eigenvalue weighted by atomic mass is 10.1. The number of ether oxygens (including phenoxy) is 1. The largest absolute Gasteiger partial charge is 0.508 e. The van der Waals surface area contributed by atoms with Crippen molar-refractivity contribution in [3.8, 4) is 5.75 Å². The second-order valence-electron chi connectivity index (χ2n) is 3.44. The maximum atomic E-state index is 11.5. The molecule has 7 heteroatoms. The van der Waals surface area contributed by atoms with Crippen molar-refractivity contribution >= 4 is 16.0 Å². The maximum absolute atomic E-state index is 11.5. The topological polar surface area (TPSA) is 92.7 Å². The molecule has 0 aromatic heterocycles. The zero-order valence-electron chi connectivity index (χ0n) is 9.38. The zero-order chi connectivity index (χ0) is 13.1. The molecule has 0 aliphatic heterocycles. The van der Waals surface area contributed by atoms with E-state index in [-0.39, 0.29) is 5.75 Å². The van der Waals surface area contributed by atoms with Gasteiger partial charge in [0.15, 0.2) is 0 Å². The van der Waals surface area contributed by atoms with Gasteiger partial charge in [0.05, 0.1) is 13.4 Å². The molecule has 2 N–H and O–H groups in total. The van der Waals surface area contributed by atoms with Crippen molar-refractivity contribution in [3.05, 3.63) is 29.8 Å². The van der Waals surface area contributed by atoms with Gasteiger partial charge in [0, 0.05) is 0 Å². The minimum absolute atomic E-state index is 0.0247. The average molecular weight is 259 g/mol. The number of phenolic OH excluding ortho intramolecular Hbond substituents is 1. The Bertz CT molecular complexity index is 494. The van der Waals surface area contributed by atoms with Gasteiger partial charge in [-0.15, -0.1) is 0 Å². The molecular formula is C10H13NO5S. The van der Waals surface area contributed by atoms with Gasteiger partial charge in [0.1, 0.15) is 11.8 Å². The minimum Gasteiger partial charge on any atom is -0.508 e. The molecule has 0 radical (unpaired) electrons. The van der Waals surface area contributed by atoms with Crippen molar-refractivity contribution in [1.29, 1.82) is 0 Å². The molecular weight excluding hydrogens is 246 g/mol. The number of carbonyl (C=O) groups excluding carboxylic acids is 1. The highest BCUT2D eigenvalue weighted by atomic mass is 32.2. The van der Waals surface area contributed by atoms with Gasteiger partial charge >= 0.3 is 5.97 Å². The fourth-order valence-corrected chi connectivity index (χ4v) is 1.91. The fourth-order valence-electron chi connectivity index (χ4n) is 1.25. The van der Waals surface area contributed by atoms with Crippen LogP contribution in [0.5, 0.6) is 5.75 Å². The van der Waals surface area contributed by atoms with Crippen LogP contribution in [0.25, 0.3) is 0 Å². The summed E-state index contributed by atoms with van der Waals surface area (Å²) in [5.41, 5.74) is 0.389. The number of aromatic hydroxyl groups is 1. The number of esters is 1. The quantitative estimate of drug-likeness (QED) is 0.751. The number of carbonyl (C=O) groups is 1. The molecule has 0 bridgehead atoms. The number of benzene rings is 1. The molecule has 0 unspecified atom stereocenters. The van der Waals surface area contributed by atoms with Gasteiger partial charge in [0.2, 0.25) is 10.0 Å². The molecule has 0 fully saturated rings. The lowest BCUT2D eigenvalue weighted by Gasteiger charge is -2.15. The van der Waals surface area contributed by atoms with E-state index in [4.69, 9.17) is 5.11 Å². The van der Waals surface area contributed by atoms with Crippen LogP contribution in [-0.2, 0) is 19.6 Å². The minimum atomic E-state index is -3.55. The number of methoxy groups -OCH3 is 1. The number of hydrogen-bond acceptors (Lipinski definition) is 5. The van der Waals surface area contributed by atoms with Crippen LogP contribution in [0.2, 0.25) is 0 Å². The Morgan fingerprint density at radius 3 is 2.29 bits per heavy atom. The van der Waals surface area contributed by atoms with E-state index in [1.165, 1.54) is 31.4 Å². The lowest BCUT2D eigenvalue weighted by molar-refractivity contribution is -0.142. The third-order valence-electron chi connectivity index (χ3n) is 2.00. The Balaban J connectivity index is 3.06. The molecule has 0 heterocycles. The molecule has 0 spiro atoms. The van der Waals surface area contributed by atoms with Crippen LogP contribution < -0.4 is 4.72 Å².